The van der Waals surface area contributed by atoms with Crippen LogP contribution in [0, 0.1) is 0 Å². The molecule has 0 amide bonds. The molecule has 0 fully saturated rings. The molecule has 2 aromatic rings. The molecular formula is C6H4N2O2. The fourth-order valence-electron chi connectivity index (χ4n) is 0.941. The van der Waals surface area contributed by atoms with Crippen LogP contribution in [0.2, 0.25) is 0 Å². The first-order valence-electron chi connectivity index (χ1n) is 2.82. The average molecular weight is 136 g/mol. The lowest BCUT2D eigenvalue weighted by Gasteiger charge is -1.78. The van der Waals surface area contributed by atoms with Crippen molar-refractivity contribution in [1.29, 1.82) is 0 Å². The summed E-state index contributed by atoms with van der Waals surface area (Å²) in [6, 6.07) is 2.70. The molecule has 0 radical (unpaired) electrons. The summed E-state index contributed by atoms with van der Waals surface area (Å²) in [7, 11) is 0. The van der Waals surface area contributed by atoms with Crippen molar-refractivity contribution in [3.63, 3.8) is 0 Å². The molecule has 50 valence electrons. The summed E-state index contributed by atoms with van der Waals surface area (Å²) in [6.07, 6.45) is 3.09. The van der Waals surface area contributed by atoms with E-state index < -0.39 is 0 Å². The van der Waals surface area contributed by atoms with E-state index in [0.29, 0.717) is 0 Å². The van der Waals surface area contributed by atoms with Crippen molar-refractivity contribution in [2.24, 2.45) is 0 Å². The van der Waals surface area contributed by atoms with E-state index in [9.17, 15) is 9.59 Å². The SMILES string of the molecule is O=c1ccn2ccc(=O)n12. The minimum absolute atomic E-state index is 0.282. The van der Waals surface area contributed by atoms with Crippen molar-refractivity contribution in [3.05, 3.63) is 45.2 Å². The van der Waals surface area contributed by atoms with Gasteiger partial charge in [0.2, 0.25) is 0 Å². The zero-order valence-electron chi connectivity index (χ0n) is 5.02. The van der Waals surface area contributed by atoms with Gasteiger partial charge < -0.3 is 0 Å². The summed E-state index contributed by atoms with van der Waals surface area (Å²) in [6.45, 7) is 0. The second-order valence-electron chi connectivity index (χ2n) is 2.00. The molecule has 2 heterocycles. The summed E-state index contributed by atoms with van der Waals surface area (Å²) < 4.78 is 2.50. The second-order valence-corrected chi connectivity index (χ2v) is 2.00. The van der Waals surface area contributed by atoms with E-state index in [1.54, 1.807) is 12.4 Å². The average Bonchev–Trinajstić information content (AvgIpc) is 2.40. The molecule has 0 saturated heterocycles. The van der Waals surface area contributed by atoms with Crippen molar-refractivity contribution in [2.75, 3.05) is 0 Å². The quantitative estimate of drug-likeness (QED) is 0.475. The van der Waals surface area contributed by atoms with Crippen LogP contribution in [-0.2, 0) is 0 Å². The maximum atomic E-state index is 10.8. The minimum atomic E-state index is -0.282. The summed E-state index contributed by atoms with van der Waals surface area (Å²) >= 11 is 0. The molecule has 0 aliphatic carbocycles. The normalized spacial score (nSPS) is 10.8. The summed E-state index contributed by atoms with van der Waals surface area (Å²) in [5, 5.41) is 0. The van der Waals surface area contributed by atoms with Crippen LogP contribution >= 0.6 is 0 Å². The van der Waals surface area contributed by atoms with Crippen molar-refractivity contribution in [2.45, 2.75) is 0 Å². The maximum Gasteiger partial charge on any atom is 0.274 e. The van der Waals surface area contributed by atoms with E-state index in [-0.39, 0.29) is 11.1 Å². The smallest absolute Gasteiger partial charge is 0.267 e. The number of rotatable bonds is 0. The highest BCUT2D eigenvalue weighted by atomic mass is 16.2. The number of hydrogen-bond donors (Lipinski definition) is 0. The molecule has 0 aliphatic heterocycles. The van der Waals surface area contributed by atoms with Crippen LogP contribution in [0.3, 0.4) is 0 Å². The van der Waals surface area contributed by atoms with Crippen LogP contribution in [0.4, 0.5) is 0 Å². The van der Waals surface area contributed by atoms with E-state index >= 15 is 0 Å². The lowest BCUT2D eigenvalue weighted by atomic mass is 10.7. The fourth-order valence-corrected chi connectivity index (χ4v) is 0.941. The lowest BCUT2D eigenvalue weighted by molar-refractivity contribution is 0.805. The Morgan fingerprint density at radius 3 is 1.90 bits per heavy atom. The monoisotopic (exact) mass is 136 g/mol. The molecule has 0 N–H and O–H groups in total. The fraction of sp³-hybridized carbons (Fsp3) is 0. The van der Waals surface area contributed by atoms with Gasteiger partial charge >= 0.3 is 0 Å². The molecule has 10 heavy (non-hydrogen) atoms. The Labute approximate surface area is 55.3 Å². The van der Waals surface area contributed by atoms with E-state index in [1.807, 2.05) is 0 Å². The van der Waals surface area contributed by atoms with Crippen LogP contribution in [0.25, 0.3) is 0 Å². The number of nitrogens with zero attached hydrogens (tertiary/aromatic N) is 2. The Morgan fingerprint density at radius 1 is 1.00 bits per heavy atom. The van der Waals surface area contributed by atoms with Gasteiger partial charge in [-0.1, -0.05) is 0 Å². The Bertz CT molecular complexity index is 414. The van der Waals surface area contributed by atoms with Gasteiger partial charge in [-0.2, -0.15) is 4.52 Å². The van der Waals surface area contributed by atoms with Gasteiger partial charge in [0, 0.05) is 24.5 Å². The zero-order valence-corrected chi connectivity index (χ0v) is 5.02. The molecule has 0 aromatic carbocycles. The van der Waals surface area contributed by atoms with Crippen LogP contribution < -0.4 is 11.1 Å². The maximum absolute atomic E-state index is 10.8. The molecule has 0 atom stereocenters. The van der Waals surface area contributed by atoms with E-state index in [4.69, 9.17) is 0 Å². The van der Waals surface area contributed by atoms with Gasteiger partial charge in [-0.15, -0.1) is 0 Å². The van der Waals surface area contributed by atoms with Gasteiger partial charge in [-0.25, -0.2) is 0 Å². The van der Waals surface area contributed by atoms with Crippen molar-refractivity contribution >= 4 is 0 Å². The molecule has 0 spiro atoms. The highest BCUT2D eigenvalue weighted by Crippen LogP contribution is 1.78. The third kappa shape index (κ3) is 0.452. The van der Waals surface area contributed by atoms with Crippen LogP contribution in [0.5, 0.6) is 0 Å². The van der Waals surface area contributed by atoms with E-state index in [1.165, 1.54) is 16.6 Å². The van der Waals surface area contributed by atoms with Gasteiger partial charge in [0.1, 0.15) is 0 Å². The molecule has 4 nitrogen and oxygen atoms in total. The summed E-state index contributed by atoms with van der Waals surface area (Å²) in [4.78, 5) is 21.6. The predicted molar refractivity (Wildman–Crippen MR) is 34.6 cm³/mol. The standard InChI is InChI=1S/C6H4N2O2/c9-5-1-3-7-4-2-6(10)8(5)7/h1-4H. The predicted octanol–water partition coefficient (Wildman–Crippen LogP) is -0.803. The molecule has 0 bridgehead atoms. The first-order valence-corrected chi connectivity index (χ1v) is 2.82. The molecule has 0 unspecified atom stereocenters. The highest BCUT2D eigenvalue weighted by Gasteiger charge is 1.98. The zero-order chi connectivity index (χ0) is 7.14. The first kappa shape index (κ1) is 5.22. The molecule has 4 heteroatoms. The van der Waals surface area contributed by atoms with E-state index in [0.717, 1.165) is 4.52 Å². The lowest BCUT2D eigenvalue weighted by Crippen LogP contribution is -2.20. The van der Waals surface area contributed by atoms with Gasteiger partial charge in [-0.3, -0.25) is 14.1 Å². The van der Waals surface area contributed by atoms with Gasteiger partial charge in [0.15, 0.2) is 0 Å². The van der Waals surface area contributed by atoms with Gasteiger partial charge in [0.25, 0.3) is 11.1 Å². The van der Waals surface area contributed by atoms with Crippen LogP contribution in [-0.4, -0.2) is 9.03 Å². The molecule has 2 aromatic heterocycles. The molecule has 2 rings (SSSR count). The Balaban J connectivity index is 3.28. The van der Waals surface area contributed by atoms with Gasteiger partial charge in [0.05, 0.1) is 0 Å². The Hall–Kier alpha value is -1.58. The van der Waals surface area contributed by atoms with Crippen molar-refractivity contribution in [1.82, 2.24) is 9.03 Å². The molecular weight excluding hydrogens is 132 g/mol. The molecule has 0 aliphatic rings. The van der Waals surface area contributed by atoms with Crippen molar-refractivity contribution in [3.8, 4) is 0 Å². The van der Waals surface area contributed by atoms with Crippen molar-refractivity contribution < 1.29 is 0 Å². The first-order chi connectivity index (χ1) is 4.79. The van der Waals surface area contributed by atoms with E-state index in [2.05, 4.69) is 0 Å². The third-order valence-corrected chi connectivity index (χ3v) is 1.39. The summed E-state index contributed by atoms with van der Waals surface area (Å²) in [5.41, 5.74) is -0.565. The minimum Gasteiger partial charge on any atom is -0.267 e. The second kappa shape index (κ2) is 1.47. The summed E-state index contributed by atoms with van der Waals surface area (Å²) in [5.74, 6) is 0. The van der Waals surface area contributed by atoms with Crippen LogP contribution in [0.1, 0.15) is 0 Å². The Kier molecular flexibility index (Phi) is 0.768. The number of aromatic nitrogens is 2. The number of fused-ring (bicyclic) bond motifs is 1. The van der Waals surface area contributed by atoms with Crippen LogP contribution in [0.15, 0.2) is 34.1 Å². The topological polar surface area (TPSA) is 43.0 Å². The highest BCUT2D eigenvalue weighted by molar-refractivity contribution is 4.93. The third-order valence-electron chi connectivity index (χ3n) is 1.39. The number of hydrogen-bond acceptors (Lipinski definition) is 2. The molecule has 0 saturated carbocycles. The Morgan fingerprint density at radius 2 is 1.50 bits per heavy atom. The van der Waals surface area contributed by atoms with Gasteiger partial charge in [-0.05, 0) is 0 Å². The largest absolute Gasteiger partial charge is 0.274 e.